The number of hydrogen-bond acceptors (Lipinski definition) is 7. The summed E-state index contributed by atoms with van der Waals surface area (Å²) >= 11 is 0. The van der Waals surface area contributed by atoms with Crippen LogP contribution in [0, 0.1) is 5.92 Å². The fourth-order valence-electron chi connectivity index (χ4n) is 10.2. The molecule has 6 heterocycles. The highest BCUT2D eigenvalue weighted by Crippen LogP contribution is 2.46. The van der Waals surface area contributed by atoms with E-state index in [-0.39, 0.29) is 48.2 Å². The van der Waals surface area contributed by atoms with Gasteiger partial charge in [0, 0.05) is 24.9 Å². The second kappa shape index (κ2) is 12.1. The Morgan fingerprint density at radius 1 is 0.804 bits per heavy atom. The van der Waals surface area contributed by atoms with Crippen molar-refractivity contribution in [3.05, 3.63) is 84.0 Å². The lowest BCUT2D eigenvalue weighted by atomic mass is 9.89. The van der Waals surface area contributed by atoms with Crippen molar-refractivity contribution in [2.24, 2.45) is 5.92 Å². The van der Waals surface area contributed by atoms with Crippen molar-refractivity contribution < 1.29 is 33.4 Å². The van der Waals surface area contributed by atoms with Crippen LogP contribution in [0.3, 0.4) is 0 Å². The van der Waals surface area contributed by atoms with Crippen LogP contribution in [0.2, 0.25) is 0 Å². The molecule has 1 aliphatic carbocycles. The van der Waals surface area contributed by atoms with E-state index in [0.29, 0.717) is 58.0 Å². The Labute approximate surface area is 296 Å². The highest BCUT2D eigenvalue weighted by Gasteiger charge is 2.58. The van der Waals surface area contributed by atoms with Gasteiger partial charge in [0.15, 0.2) is 0 Å². The summed E-state index contributed by atoms with van der Waals surface area (Å²) in [7, 11) is 1.33. The van der Waals surface area contributed by atoms with Crippen molar-refractivity contribution in [2.75, 3.05) is 26.8 Å². The van der Waals surface area contributed by atoms with Gasteiger partial charge < -0.3 is 24.2 Å². The molecule has 7 atom stereocenters. The molecule has 0 saturated carbocycles. The Morgan fingerprint density at radius 2 is 1.49 bits per heavy atom. The molecule has 0 aromatic heterocycles. The van der Waals surface area contributed by atoms with Crippen molar-refractivity contribution in [3.8, 4) is 11.1 Å². The third-order valence-corrected chi connectivity index (χ3v) is 12.6. The number of benzene rings is 2. The maximum Gasteiger partial charge on any atom is 0.410 e. The van der Waals surface area contributed by atoms with Gasteiger partial charge in [-0.3, -0.25) is 19.3 Å². The first-order chi connectivity index (χ1) is 24.8. The standard InChI is InChI=1S/C40H42N4O7/c1-50-37(47)33-16-14-25-12-11-24-18-22-41(34(24)36(46)43(25)33)35(45)32-15-13-26-17-20-40(38(48)44(26)32)19-6-21-42(40)39(49)51-23-31-29-9-4-2-7-27(29)28-8-3-5-10-30(28)31/h2-5,7-12,17,20,24-26,31-34H,6,13-16,18-19,21-23H2,1H3/t24-,25-,26-,32-,33-,34-,40+/m0/s1. The highest BCUT2D eigenvalue weighted by atomic mass is 16.6. The minimum Gasteiger partial charge on any atom is -0.467 e. The Hall–Kier alpha value is -4.93. The highest BCUT2D eigenvalue weighted by molar-refractivity contribution is 5.99. The zero-order chi connectivity index (χ0) is 35.0. The van der Waals surface area contributed by atoms with E-state index in [9.17, 15) is 24.0 Å². The van der Waals surface area contributed by atoms with Crippen LogP contribution in [-0.2, 0) is 28.7 Å². The number of amides is 4. The van der Waals surface area contributed by atoms with E-state index in [2.05, 4.69) is 24.3 Å². The molecule has 4 fully saturated rings. The molecule has 4 amide bonds. The van der Waals surface area contributed by atoms with Crippen LogP contribution >= 0.6 is 0 Å². The van der Waals surface area contributed by atoms with E-state index in [1.165, 1.54) is 7.11 Å². The molecule has 0 N–H and O–H groups in total. The van der Waals surface area contributed by atoms with Crippen LogP contribution in [0.4, 0.5) is 4.79 Å². The molecule has 264 valence electrons. The number of nitrogens with zero attached hydrogens (tertiary/aromatic N) is 4. The Bertz CT molecular complexity index is 1850. The van der Waals surface area contributed by atoms with Crippen LogP contribution in [0.5, 0.6) is 0 Å². The molecule has 51 heavy (non-hydrogen) atoms. The van der Waals surface area contributed by atoms with Crippen molar-refractivity contribution in [1.82, 2.24) is 19.6 Å². The lowest BCUT2D eigenvalue weighted by Crippen LogP contribution is -2.64. The number of rotatable bonds is 4. The molecule has 6 aliphatic heterocycles. The summed E-state index contributed by atoms with van der Waals surface area (Å²) in [5, 5.41) is 0. The number of fused-ring (bicyclic) bond motifs is 6. The van der Waals surface area contributed by atoms with Gasteiger partial charge in [0.2, 0.25) is 11.8 Å². The average Bonchev–Trinajstić information content (AvgIpc) is 3.99. The second-order valence-electron chi connectivity index (χ2n) is 15.0. The predicted molar refractivity (Wildman–Crippen MR) is 185 cm³/mol. The molecule has 0 unspecified atom stereocenters. The first-order valence-corrected chi connectivity index (χ1v) is 18.4. The predicted octanol–water partition coefficient (Wildman–Crippen LogP) is 4.02. The first-order valence-electron chi connectivity index (χ1n) is 18.4. The minimum absolute atomic E-state index is 0.105. The first kappa shape index (κ1) is 32.0. The van der Waals surface area contributed by atoms with E-state index in [1.54, 1.807) is 19.6 Å². The Kier molecular flexibility index (Phi) is 7.59. The molecule has 4 saturated heterocycles. The van der Waals surface area contributed by atoms with E-state index in [4.69, 9.17) is 9.47 Å². The maximum atomic E-state index is 14.7. The fourth-order valence-corrected chi connectivity index (χ4v) is 10.2. The topological polar surface area (TPSA) is 117 Å². The molecule has 0 bridgehead atoms. The largest absolute Gasteiger partial charge is 0.467 e. The van der Waals surface area contributed by atoms with Crippen molar-refractivity contribution >= 4 is 29.8 Å². The zero-order valence-corrected chi connectivity index (χ0v) is 28.7. The van der Waals surface area contributed by atoms with Crippen LogP contribution in [0.1, 0.15) is 62.0 Å². The number of methoxy groups -OCH3 is 1. The van der Waals surface area contributed by atoms with Crippen molar-refractivity contribution in [3.63, 3.8) is 0 Å². The third kappa shape index (κ3) is 4.72. The molecule has 11 nitrogen and oxygen atoms in total. The summed E-state index contributed by atoms with van der Waals surface area (Å²) < 4.78 is 11.1. The number of likely N-dealkylation sites (tertiary alicyclic amines) is 2. The van der Waals surface area contributed by atoms with Crippen LogP contribution < -0.4 is 0 Å². The Morgan fingerprint density at radius 3 is 2.22 bits per heavy atom. The summed E-state index contributed by atoms with van der Waals surface area (Å²) in [5.41, 5.74) is 3.29. The number of carbonyl (C=O) groups is 5. The van der Waals surface area contributed by atoms with E-state index >= 15 is 0 Å². The van der Waals surface area contributed by atoms with Crippen LogP contribution in [0.15, 0.2) is 72.8 Å². The van der Waals surface area contributed by atoms with Crippen molar-refractivity contribution in [1.29, 1.82) is 0 Å². The van der Waals surface area contributed by atoms with Gasteiger partial charge in [0.1, 0.15) is 30.3 Å². The Balaban J connectivity index is 0.937. The summed E-state index contributed by atoms with van der Waals surface area (Å²) in [5.74, 6) is -1.45. The maximum absolute atomic E-state index is 14.7. The van der Waals surface area contributed by atoms with Gasteiger partial charge in [-0.1, -0.05) is 72.8 Å². The molecular formula is C40H42N4O7. The van der Waals surface area contributed by atoms with Gasteiger partial charge in [-0.05, 0) is 67.2 Å². The van der Waals surface area contributed by atoms with Gasteiger partial charge >= 0.3 is 12.1 Å². The number of carbonyl (C=O) groups excluding carboxylic acids is 5. The lowest BCUT2D eigenvalue weighted by molar-refractivity contribution is -0.157. The van der Waals surface area contributed by atoms with Crippen LogP contribution in [-0.4, -0.2) is 112 Å². The van der Waals surface area contributed by atoms with E-state index in [0.717, 1.165) is 22.3 Å². The molecule has 11 heteroatoms. The van der Waals surface area contributed by atoms with Gasteiger partial charge in [-0.25, -0.2) is 9.59 Å². The average molecular weight is 691 g/mol. The molecule has 0 radical (unpaired) electrons. The van der Waals surface area contributed by atoms with E-state index in [1.807, 2.05) is 48.6 Å². The number of esters is 1. The molecule has 1 spiro atoms. The number of ether oxygens (including phenoxy) is 2. The summed E-state index contributed by atoms with van der Waals surface area (Å²) in [4.78, 5) is 76.4. The number of hydrogen-bond donors (Lipinski definition) is 0. The van der Waals surface area contributed by atoms with Gasteiger partial charge in [-0.15, -0.1) is 0 Å². The molecular weight excluding hydrogens is 648 g/mol. The van der Waals surface area contributed by atoms with E-state index < -0.39 is 35.7 Å². The minimum atomic E-state index is -1.23. The normalized spacial score (nSPS) is 31.8. The zero-order valence-electron chi connectivity index (χ0n) is 28.7. The molecule has 7 aliphatic rings. The van der Waals surface area contributed by atoms with Crippen LogP contribution in [0.25, 0.3) is 11.1 Å². The summed E-state index contributed by atoms with van der Waals surface area (Å²) in [6.45, 7) is 0.917. The van der Waals surface area contributed by atoms with Crippen molar-refractivity contribution in [2.45, 2.75) is 86.6 Å². The third-order valence-electron chi connectivity index (χ3n) is 12.6. The molecule has 2 aromatic carbocycles. The second-order valence-corrected chi connectivity index (χ2v) is 15.0. The van der Waals surface area contributed by atoms with Gasteiger partial charge in [-0.2, -0.15) is 0 Å². The summed E-state index contributed by atoms with van der Waals surface area (Å²) in [6, 6.07) is 13.7. The van der Waals surface area contributed by atoms with Gasteiger partial charge in [0.05, 0.1) is 19.2 Å². The lowest BCUT2D eigenvalue weighted by Gasteiger charge is -2.44. The van der Waals surface area contributed by atoms with Gasteiger partial charge in [0.25, 0.3) is 5.91 Å². The monoisotopic (exact) mass is 690 g/mol. The fraction of sp³-hybridized carbons (Fsp3) is 0.475. The summed E-state index contributed by atoms with van der Waals surface area (Å²) in [6.07, 6.45) is 11.3. The smallest absolute Gasteiger partial charge is 0.410 e. The quantitative estimate of drug-likeness (QED) is 0.352. The SMILES string of the molecule is COC(=O)[C@@H]1CC[C@@H]2C=C[C@H]3CCN(C(=O)[C@@H]4CC[C@H]5C=C[C@]6(CCCN6C(=O)OCC6c7ccccc7-c7ccccc76)C(=O)N54)[C@@H]3C(=O)N21. The molecule has 9 rings (SSSR count). The molecule has 2 aromatic rings.